The zero-order valence-electron chi connectivity index (χ0n) is 29.4. The smallest absolute Gasteiger partial charge is 0.379 e. The zero-order chi connectivity index (χ0) is 38.2. The predicted octanol–water partition coefficient (Wildman–Crippen LogP) is 6.12. The summed E-state index contributed by atoms with van der Waals surface area (Å²) in [6, 6.07) is 11.7. The molecule has 53 heavy (non-hydrogen) atoms. The predicted molar refractivity (Wildman–Crippen MR) is 196 cm³/mol. The number of fused-ring (bicyclic) bond motifs is 1. The van der Waals surface area contributed by atoms with Gasteiger partial charge in [-0.25, -0.2) is 14.6 Å². The van der Waals surface area contributed by atoms with E-state index < -0.39 is 35.4 Å². The lowest BCUT2D eigenvalue weighted by atomic mass is 9.95. The number of furan rings is 1. The number of hydrogen-bond acceptors (Lipinski definition) is 12. The highest BCUT2D eigenvalue weighted by Gasteiger charge is 2.61. The van der Waals surface area contributed by atoms with Crippen LogP contribution in [-0.2, 0) is 14.3 Å². The molecule has 1 fully saturated rings. The Kier molecular flexibility index (Phi) is 10.7. The van der Waals surface area contributed by atoms with E-state index in [1.807, 2.05) is 13.8 Å². The van der Waals surface area contributed by atoms with E-state index in [4.69, 9.17) is 51.3 Å². The minimum Gasteiger partial charge on any atom is -0.493 e. The van der Waals surface area contributed by atoms with Crippen LogP contribution in [0.5, 0.6) is 23.0 Å². The van der Waals surface area contributed by atoms with Crippen LogP contribution in [-0.4, -0.2) is 43.3 Å². The largest absolute Gasteiger partial charge is 0.493 e. The molecule has 1 aliphatic carbocycles. The minimum absolute atomic E-state index is 0.00153. The summed E-state index contributed by atoms with van der Waals surface area (Å²) < 4.78 is 34.7. The van der Waals surface area contributed by atoms with E-state index in [1.165, 1.54) is 37.2 Å². The second-order valence-corrected chi connectivity index (χ2v) is 14.7. The Hall–Kier alpha value is -5.11. The van der Waals surface area contributed by atoms with E-state index in [2.05, 4.69) is 4.99 Å². The third-order valence-electron chi connectivity index (χ3n) is 9.11. The van der Waals surface area contributed by atoms with Crippen LogP contribution < -0.4 is 33.8 Å². The second-order valence-electron chi connectivity index (χ2n) is 12.7. The molecule has 3 heterocycles. The third kappa shape index (κ3) is 7.41. The maximum atomic E-state index is 14.2. The average Bonchev–Trinajstić information content (AvgIpc) is 3.47. The van der Waals surface area contributed by atoms with Crippen LogP contribution in [0.2, 0.25) is 0 Å². The number of carbonyl (C=O) groups excluding carboxylic acids is 3. The monoisotopic (exact) mass is 780 g/mol. The van der Waals surface area contributed by atoms with Crippen molar-refractivity contribution in [1.82, 2.24) is 4.57 Å². The molecule has 0 amide bonds. The van der Waals surface area contributed by atoms with Gasteiger partial charge in [-0.1, -0.05) is 60.5 Å². The molecule has 4 aromatic rings. The summed E-state index contributed by atoms with van der Waals surface area (Å²) in [5.74, 6) is -1.66. The fourth-order valence-electron chi connectivity index (χ4n) is 6.35. The summed E-state index contributed by atoms with van der Waals surface area (Å²) in [5, 5.41) is 0. The van der Waals surface area contributed by atoms with Crippen LogP contribution >= 0.6 is 34.5 Å². The molecule has 0 saturated heterocycles. The highest BCUT2D eigenvalue weighted by Crippen LogP contribution is 2.60. The summed E-state index contributed by atoms with van der Waals surface area (Å²) in [5.41, 5.74) is 0.773. The normalized spacial score (nSPS) is 18.7. The Bertz CT molecular complexity index is 2350. The number of hydrogen-bond donors (Lipinski definition) is 0. The van der Waals surface area contributed by atoms with Crippen molar-refractivity contribution in [2.75, 3.05) is 20.8 Å². The zero-order valence-corrected chi connectivity index (χ0v) is 31.8. The second kappa shape index (κ2) is 15.1. The molecular formula is C38H34Cl2N2O10S. The van der Waals surface area contributed by atoms with Gasteiger partial charge < -0.3 is 28.1 Å². The lowest BCUT2D eigenvalue weighted by Crippen LogP contribution is -2.40. The SMILES string of the molecule is CCOC(=O)C1=C(C)N=c2s/c(=C/c3ccc(OC(=O)[C@@H]4[C@@H](C=C(Cl)Cl)C4(C)C)c(OC)c3)c(=O)n2[C@@H]1c1ccc(OC(=O)c2ccco2)c(OC)c1. The third-order valence-corrected chi connectivity index (χ3v) is 10.3. The van der Waals surface area contributed by atoms with Gasteiger partial charge in [0.15, 0.2) is 27.8 Å². The van der Waals surface area contributed by atoms with Crippen LogP contribution in [0.15, 0.2) is 90.8 Å². The van der Waals surface area contributed by atoms with Gasteiger partial charge in [0.1, 0.15) is 4.49 Å². The van der Waals surface area contributed by atoms with Gasteiger partial charge in [0.2, 0.25) is 5.76 Å². The average molecular weight is 782 g/mol. The molecule has 2 aromatic carbocycles. The van der Waals surface area contributed by atoms with Crippen molar-refractivity contribution in [3.8, 4) is 23.0 Å². The van der Waals surface area contributed by atoms with Crippen molar-refractivity contribution < 1.29 is 42.5 Å². The van der Waals surface area contributed by atoms with Crippen molar-refractivity contribution in [1.29, 1.82) is 0 Å². The van der Waals surface area contributed by atoms with Gasteiger partial charge in [0.25, 0.3) is 5.56 Å². The molecule has 1 aliphatic heterocycles. The van der Waals surface area contributed by atoms with Crippen LogP contribution in [0.4, 0.5) is 0 Å². The summed E-state index contributed by atoms with van der Waals surface area (Å²) in [4.78, 5) is 58.3. The number of benzene rings is 2. The summed E-state index contributed by atoms with van der Waals surface area (Å²) in [6.07, 6.45) is 4.65. The number of rotatable bonds is 11. The van der Waals surface area contributed by atoms with Crippen molar-refractivity contribution in [2.45, 2.75) is 33.7 Å². The van der Waals surface area contributed by atoms with Crippen LogP contribution in [0.3, 0.4) is 0 Å². The molecule has 276 valence electrons. The maximum absolute atomic E-state index is 14.2. The molecule has 0 N–H and O–H groups in total. The van der Waals surface area contributed by atoms with Crippen molar-refractivity contribution >= 4 is 58.5 Å². The lowest BCUT2D eigenvalue weighted by molar-refractivity contribution is -0.139. The molecular weight excluding hydrogens is 747 g/mol. The quantitative estimate of drug-likeness (QED) is 0.129. The van der Waals surface area contributed by atoms with Crippen LogP contribution in [0, 0.1) is 17.3 Å². The molecule has 1 saturated carbocycles. The van der Waals surface area contributed by atoms with Crippen LogP contribution in [0.25, 0.3) is 6.08 Å². The number of ether oxygens (including phenoxy) is 5. The Morgan fingerprint density at radius 1 is 0.981 bits per heavy atom. The standard InChI is InChI=1S/C38H34Cl2N2O10S/c1-7-49-35(45)30-19(2)41-37-42(32(30)21-11-13-24(27(17-21)48-6)51-34(44)25-9-8-14-50-25)33(43)28(53-37)16-20-10-12-23(26(15-20)47-5)52-36(46)31-22(18-29(39)40)38(31,3)4/h8-18,22,31-32H,7H2,1-6H3/b28-16+/t22-,31+,32-/m1/s1. The summed E-state index contributed by atoms with van der Waals surface area (Å²) in [6.45, 7) is 7.32. The van der Waals surface area contributed by atoms with E-state index in [1.54, 1.807) is 62.4 Å². The number of esters is 3. The van der Waals surface area contributed by atoms with Crippen LogP contribution in [0.1, 0.15) is 55.4 Å². The van der Waals surface area contributed by atoms with Gasteiger partial charge in [-0.15, -0.1) is 0 Å². The molecule has 6 rings (SSSR count). The first-order chi connectivity index (χ1) is 25.3. The Morgan fingerprint density at radius 3 is 2.34 bits per heavy atom. The first kappa shape index (κ1) is 37.6. The fourth-order valence-corrected chi connectivity index (χ4v) is 7.66. The molecule has 12 nitrogen and oxygen atoms in total. The molecule has 0 bridgehead atoms. The van der Waals surface area contributed by atoms with E-state index in [9.17, 15) is 19.2 Å². The maximum Gasteiger partial charge on any atom is 0.379 e. The minimum atomic E-state index is -0.966. The van der Waals surface area contributed by atoms with Gasteiger partial charge >= 0.3 is 17.9 Å². The first-order valence-corrected chi connectivity index (χ1v) is 17.9. The molecule has 2 aromatic heterocycles. The summed E-state index contributed by atoms with van der Waals surface area (Å²) in [7, 11) is 2.85. The molecule has 3 atom stereocenters. The number of halogens is 2. The van der Waals surface area contributed by atoms with E-state index in [0.717, 1.165) is 11.3 Å². The highest BCUT2D eigenvalue weighted by atomic mass is 35.5. The van der Waals surface area contributed by atoms with Gasteiger partial charge in [-0.3, -0.25) is 14.2 Å². The topological polar surface area (TPSA) is 145 Å². The first-order valence-electron chi connectivity index (χ1n) is 16.3. The number of carbonyl (C=O) groups is 3. The molecule has 15 heteroatoms. The number of thiazole rings is 1. The fraction of sp³-hybridized carbons (Fsp3) is 0.289. The number of methoxy groups -OCH3 is 2. The van der Waals surface area contributed by atoms with Gasteiger partial charge in [-0.05, 0) is 84.9 Å². The molecule has 2 aliphatic rings. The van der Waals surface area contributed by atoms with E-state index >= 15 is 0 Å². The highest BCUT2D eigenvalue weighted by molar-refractivity contribution is 7.07. The lowest BCUT2D eigenvalue weighted by Gasteiger charge is -2.25. The van der Waals surface area contributed by atoms with Gasteiger partial charge in [-0.2, -0.15) is 0 Å². The summed E-state index contributed by atoms with van der Waals surface area (Å²) >= 11 is 12.8. The molecule has 0 unspecified atom stereocenters. The van der Waals surface area contributed by atoms with Crippen molar-refractivity contribution in [3.05, 3.63) is 113 Å². The Labute approximate surface area is 317 Å². The Morgan fingerprint density at radius 2 is 1.68 bits per heavy atom. The number of aromatic nitrogens is 1. The van der Waals surface area contributed by atoms with Crippen molar-refractivity contribution in [3.63, 3.8) is 0 Å². The van der Waals surface area contributed by atoms with Crippen molar-refractivity contribution in [2.24, 2.45) is 22.2 Å². The number of nitrogens with zero attached hydrogens (tertiary/aromatic N) is 2. The molecule has 0 radical (unpaired) electrons. The molecule has 0 spiro atoms. The Balaban J connectivity index is 1.36. The van der Waals surface area contributed by atoms with E-state index in [-0.39, 0.29) is 56.8 Å². The number of allylic oxidation sites excluding steroid dienone is 2. The van der Waals surface area contributed by atoms with Gasteiger partial charge in [0.05, 0.1) is 54.9 Å². The van der Waals surface area contributed by atoms with Gasteiger partial charge in [0, 0.05) is 0 Å². The van der Waals surface area contributed by atoms with E-state index in [0.29, 0.717) is 26.2 Å².